The van der Waals surface area contributed by atoms with Crippen LogP contribution in [0.2, 0.25) is 0 Å². The summed E-state index contributed by atoms with van der Waals surface area (Å²) in [6.07, 6.45) is -0.271. The van der Waals surface area contributed by atoms with Crippen LogP contribution in [0.3, 0.4) is 0 Å². The molecule has 0 unspecified atom stereocenters. The molecule has 0 saturated heterocycles. The number of alkyl carbamates (subject to hydrolysis) is 1. The Bertz CT molecular complexity index is 560. The van der Waals surface area contributed by atoms with E-state index in [1.54, 1.807) is 0 Å². The molecule has 4 N–H and O–H groups in total. The smallest absolute Gasteiger partial charge is 0.408 e. The van der Waals surface area contributed by atoms with E-state index in [2.05, 4.69) is 10.6 Å². The minimum atomic E-state index is -0.845. The van der Waals surface area contributed by atoms with E-state index in [0.29, 0.717) is 6.42 Å². The monoisotopic (exact) mass is 335 g/mol. The predicted molar refractivity (Wildman–Crippen MR) is 89.8 cm³/mol. The number of hydrogen-bond donors (Lipinski definition) is 3. The standard InChI is InChI=1S/C17H25N3O4/c1-11(2)9-14(15(18)21)20-16(22)12(3)19-17(23)24-10-13-7-5-4-6-8-13/h4-8,11-12,14H,9-10H2,1-3H3,(H2,18,21)(H,19,23)(H,20,22)/t12-,14-/m0/s1. The van der Waals surface area contributed by atoms with Gasteiger partial charge in [0.05, 0.1) is 0 Å². The first kappa shape index (κ1) is 19.5. The molecule has 0 aliphatic carbocycles. The number of nitrogens with two attached hydrogens (primary N) is 1. The van der Waals surface area contributed by atoms with Gasteiger partial charge in [0.25, 0.3) is 0 Å². The average molecular weight is 335 g/mol. The summed E-state index contributed by atoms with van der Waals surface area (Å²) in [7, 11) is 0. The van der Waals surface area contributed by atoms with Crippen molar-refractivity contribution in [3.8, 4) is 0 Å². The first-order chi connectivity index (χ1) is 11.3. The van der Waals surface area contributed by atoms with Gasteiger partial charge in [0.1, 0.15) is 18.7 Å². The summed E-state index contributed by atoms with van der Waals surface area (Å²) in [6, 6.07) is 7.59. The zero-order valence-electron chi connectivity index (χ0n) is 14.2. The van der Waals surface area contributed by atoms with Crippen LogP contribution in [-0.2, 0) is 20.9 Å². The van der Waals surface area contributed by atoms with Crippen molar-refractivity contribution in [1.29, 1.82) is 0 Å². The third-order valence-corrected chi connectivity index (χ3v) is 3.31. The lowest BCUT2D eigenvalue weighted by Crippen LogP contribution is -2.52. The molecule has 7 heteroatoms. The summed E-state index contributed by atoms with van der Waals surface area (Å²) in [5, 5.41) is 4.97. The Labute approximate surface area is 141 Å². The minimum Gasteiger partial charge on any atom is -0.445 e. The van der Waals surface area contributed by atoms with E-state index in [-0.39, 0.29) is 12.5 Å². The Morgan fingerprint density at radius 2 is 1.71 bits per heavy atom. The number of benzene rings is 1. The van der Waals surface area contributed by atoms with E-state index >= 15 is 0 Å². The molecule has 0 saturated carbocycles. The van der Waals surface area contributed by atoms with Crippen molar-refractivity contribution in [1.82, 2.24) is 10.6 Å². The number of amides is 3. The van der Waals surface area contributed by atoms with Gasteiger partial charge >= 0.3 is 6.09 Å². The molecule has 3 amide bonds. The van der Waals surface area contributed by atoms with E-state index in [0.717, 1.165) is 5.56 Å². The van der Waals surface area contributed by atoms with Gasteiger partial charge < -0.3 is 21.1 Å². The highest BCUT2D eigenvalue weighted by Crippen LogP contribution is 2.05. The molecule has 1 aromatic carbocycles. The summed E-state index contributed by atoms with van der Waals surface area (Å²) in [6.45, 7) is 5.46. The lowest BCUT2D eigenvalue weighted by atomic mass is 10.0. The van der Waals surface area contributed by atoms with E-state index < -0.39 is 30.0 Å². The lowest BCUT2D eigenvalue weighted by Gasteiger charge is -2.20. The maximum atomic E-state index is 12.1. The molecule has 2 atom stereocenters. The van der Waals surface area contributed by atoms with Crippen LogP contribution in [0.25, 0.3) is 0 Å². The van der Waals surface area contributed by atoms with Gasteiger partial charge in [-0.05, 0) is 24.8 Å². The Balaban J connectivity index is 2.44. The second-order valence-corrected chi connectivity index (χ2v) is 6.02. The van der Waals surface area contributed by atoms with Crippen LogP contribution in [-0.4, -0.2) is 30.0 Å². The van der Waals surface area contributed by atoms with Crippen molar-refractivity contribution >= 4 is 17.9 Å². The van der Waals surface area contributed by atoms with Crippen LogP contribution in [0.5, 0.6) is 0 Å². The first-order valence-corrected chi connectivity index (χ1v) is 7.86. The Morgan fingerprint density at radius 1 is 1.08 bits per heavy atom. The third-order valence-electron chi connectivity index (χ3n) is 3.31. The van der Waals surface area contributed by atoms with Gasteiger partial charge in [-0.25, -0.2) is 4.79 Å². The lowest BCUT2D eigenvalue weighted by molar-refractivity contribution is -0.128. The second-order valence-electron chi connectivity index (χ2n) is 6.02. The third kappa shape index (κ3) is 7.13. The van der Waals surface area contributed by atoms with Crippen LogP contribution < -0.4 is 16.4 Å². The molecule has 1 rings (SSSR count). The molecule has 132 valence electrons. The minimum absolute atomic E-state index is 0.109. The van der Waals surface area contributed by atoms with Crippen LogP contribution >= 0.6 is 0 Å². The SMILES string of the molecule is CC(C)C[C@H](NC(=O)[C@H](C)NC(=O)OCc1ccccc1)C(N)=O. The maximum Gasteiger partial charge on any atom is 0.408 e. The van der Waals surface area contributed by atoms with Gasteiger partial charge in [-0.1, -0.05) is 44.2 Å². The van der Waals surface area contributed by atoms with E-state index in [1.807, 2.05) is 44.2 Å². The number of carbonyl (C=O) groups excluding carboxylic acids is 3. The Morgan fingerprint density at radius 3 is 2.25 bits per heavy atom. The molecular weight excluding hydrogens is 310 g/mol. The van der Waals surface area contributed by atoms with Crippen molar-refractivity contribution in [3.05, 3.63) is 35.9 Å². The number of primary amides is 1. The van der Waals surface area contributed by atoms with Crippen molar-refractivity contribution in [2.45, 2.75) is 45.9 Å². The zero-order valence-corrected chi connectivity index (χ0v) is 14.2. The Hall–Kier alpha value is -2.57. The predicted octanol–water partition coefficient (Wildman–Crippen LogP) is 1.32. The molecule has 0 fully saturated rings. The highest BCUT2D eigenvalue weighted by molar-refractivity contribution is 5.90. The molecule has 0 aliphatic rings. The highest BCUT2D eigenvalue weighted by atomic mass is 16.5. The van der Waals surface area contributed by atoms with Crippen LogP contribution in [0.15, 0.2) is 30.3 Å². The van der Waals surface area contributed by atoms with Crippen LogP contribution in [0, 0.1) is 5.92 Å². The first-order valence-electron chi connectivity index (χ1n) is 7.86. The largest absolute Gasteiger partial charge is 0.445 e. The summed E-state index contributed by atoms with van der Waals surface area (Å²) in [5.74, 6) is -0.895. The van der Waals surface area contributed by atoms with Gasteiger partial charge in [0.15, 0.2) is 0 Å². The summed E-state index contributed by atoms with van der Waals surface area (Å²) in [5.41, 5.74) is 6.12. The fourth-order valence-corrected chi connectivity index (χ4v) is 2.02. The second kappa shape index (κ2) is 9.54. The van der Waals surface area contributed by atoms with Crippen LogP contribution in [0.4, 0.5) is 4.79 Å². The molecule has 24 heavy (non-hydrogen) atoms. The number of carbonyl (C=O) groups is 3. The number of rotatable bonds is 8. The van der Waals surface area contributed by atoms with Crippen molar-refractivity contribution in [2.75, 3.05) is 0 Å². The summed E-state index contributed by atoms with van der Waals surface area (Å²) in [4.78, 5) is 35.2. The maximum absolute atomic E-state index is 12.1. The topological polar surface area (TPSA) is 111 Å². The normalized spacial score (nSPS) is 13.0. The average Bonchev–Trinajstić information content (AvgIpc) is 2.52. The van der Waals surface area contributed by atoms with Gasteiger partial charge in [0.2, 0.25) is 11.8 Å². The number of nitrogens with one attached hydrogen (secondary N) is 2. The molecule has 0 radical (unpaired) electrons. The van der Waals surface area contributed by atoms with Gasteiger partial charge in [-0.3, -0.25) is 9.59 Å². The Kier molecular flexibility index (Phi) is 7.74. The fourth-order valence-electron chi connectivity index (χ4n) is 2.02. The van der Waals surface area contributed by atoms with Crippen molar-refractivity contribution in [3.63, 3.8) is 0 Å². The molecule has 0 bridgehead atoms. The molecular formula is C17H25N3O4. The van der Waals surface area contributed by atoms with Crippen molar-refractivity contribution < 1.29 is 19.1 Å². The molecule has 0 spiro atoms. The summed E-state index contributed by atoms with van der Waals surface area (Å²) < 4.78 is 5.04. The molecule has 1 aromatic rings. The number of hydrogen-bond acceptors (Lipinski definition) is 4. The quantitative estimate of drug-likeness (QED) is 0.665. The molecule has 0 aromatic heterocycles. The molecule has 0 aliphatic heterocycles. The number of ether oxygens (including phenoxy) is 1. The van der Waals surface area contributed by atoms with E-state index in [4.69, 9.17) is 10.5 Å². The van der Waals surface area contributed by atoms with Gasteiger partial charge in [-0.2, -0.15) is 0 Å². The van der Waals surface area contributed by atoms with Crippen molar-refractivity contribution in [2.24, 2.45) is 11.7 Å². The van der Waals surface area contributed by atoms with Gasteiger partial charge in [0, 0.05) is 0 Å². The fraction of sp³-hybridized carbons (Fsp3) is 0.471. The van der Waals surface area contributed by atoms with Crippen LogP contribution in [0.1, 0.15) is 32.8 Å². The van der Waals surface area contributed by atoms with E-state index in [1.165, 1.54) is 6.92 Å². The molecule has 0 heterocycles. The summed E-state index contributed by atoms with van der Waals surface area (Å²) >= 11 is 0. The van der Waals surface area contributed by atoms with Gasteiger partial charge in [-0.15, -0.1) is 0 Å². The molecule has 7 nitrogen and oxygen atoms in total. The van der Waals surface area contributed by atoms with E-state index in [9.17, 15) is 14.4 Å². The zero-order chi connectivity index (χ0) is 18.1. The highest BCUT2D eigenvalue weighted by Gasteiger charge is 2.23.